The number of aliphatic imine (C=N–C) groups is 1. The molecule has 0 saturated heterocycles. The van der Waals surface area contributed by atoms with Crippen LogP contribution in [0.4, 0.5) is 0 Å². The third kappa shape index (κ3) is 5.28. The van der Waals surface area contributed by atoms with Crippen LogP contribution in [0.15, 0.2) is 11.2 Å². The fraction of sp³-hybridized carbons (Fsp3) is 0.545. The smallest absolute Gasteiger partial charge is 0.226 e. The number of hydrogen-bond donors (Lipinski definition) is 0. The summed E-state index contributed by atoms with van der Waals surface area (Å²) in [5.41, 5.74) is 0.757. The predicted molar refractivity (Wildman–Crippen MR) is 74.2 cm³/mol. The summed E-state index contributed by atoms with van der Waals surface area (Å²) in [6.45, 7) is 7.57. The van der Waals surface area contributed by atoms with Gasteiger partial charge in [0.05, 0.1) is 12.2 Å². The fourth-order valence-corrected chi connectivity index (χ4v) is 1.99. The zero-order chi connectivity index (χ0) is 12.9. The maximum Gasteiger partial charge on any atom is 0.226 e. The second-order valence-corrected chi connectivity index (χ2v) is 10.9. The summed E-state index contributed by atoms with van der Waals surface area (Å²) in [6.07, 6.45) is 3.28. The third-order valence-electron chi connectivity index (χ3n) is 2.11. The molecule has 0 unspecified atom stereocenters. The first-order valence-corrected chi connectivity index (χ1v) is 9.58. The van der Waals surface area contributed by atoms with E-state index in [1.165, 1.54) is 0 Å². The van der Waals surface area contributed by atoms with Crippen molar-refractivity contribution in [2.75, 3.05) is 13.7 Å². The first-order chi connectivity index (χ1) is 7.92. The highest BCUT2D eigenvalue weighted by molar-refractivity contribution is 6.76. The summed E-state index contributed by atoms with van der Waals surface area (Å²) in [5, 5.41) is 0.196. The van der Waals surface area contributed by atoms with Gasteiger partial charge in [-0.15, -0.1) is 0 Å². The molecule has 1 heterocycles. The average Bonchev–Trinajstić information content (AvgIpc) is 2.20. The number of hydrogen-bond acceptors (Lipinski definition) is 4. The summed E-state index contributed by atoms with van der Waals surface area (Å²) in [7, 11) is 0.599. The number of aromatic nitrogens is 2. The molecule has 4 nitrogen and oxygen atoms in total. The molecule has 0 amide bonds. The van der Waals surface area contributed by atoms with Crippen LogP contribution in [0.25, 0.3) is 0 Å². The van der Waals surface area contributed by atoms with Crippen molar-refractivity contribution in [2.24, 2.45) is 4.99 Å². The predicted octanol–water partition coefficient (Wildman–Crippen LogP) is 2.90. The van der Waals surface area contributed by atoms with E-state index in [0.29, 0.717) is 12.5 Å². The Morgan fingerprint density at radius 1 is 1.47 bits per heavy atom. The zero-order valence-corrected chi connectivity index (χ0v) is 12.5. The Hall–Kier alpha value is -0.943. The van der Waals surface area contributed by atoms with Crippen molar-refractivity contribution in [1.29, 1.82) is 0 Å². The maximum atomic E-state index is 5.75. The summed E-state index contributed by atoms with van der Waals surface area (Å²) < 4.78 is 5.65. The minimum Gasteiger partial charge on any atom is -0.477 e. The molecule has 0 N–H and O–H groups in total. The Bertz CT molecular complexity index is 404. The summed E-state index contributed by atoms with van der Waals surface area (Å²) >= 11 is 5.75. The van der Waals surface area contributed by atoms with Gasteiger partial charge in [0.2, 0.25) is 11.2 Å². The van der Waals surface area contributed by atoms with Gasteiger partial charge in [-0.05, 0) is 17.6 Å². The lowest BCUT2D eigenvalue weighted by Gasteiger charge is -2.16. The maximum absolute atomic E-state index is 5.75. The first-order valence-electron chi connectivity index (χ1n) is 5.50. The molecule has 0 aromatic carbocycles. The molecule has 17 heavy (non-hydrogen) atoms. The Morgan fingerprint density at radius 3 is 2.76 bits per heavy atom. The van der Waals surface area contributed by atoms with Crippen LogP contribution in [0.1, 0.15) is 5.56 Å². The highest BCUT2D eigenvalue weighted by Gasteiger charge is 2.14. The van der Waals surface area contributed by atoms with Gasteiger partial charge < -0.3 is 4.74 Å². The van der Waals surface area contributed by atoms with E-state index in [1.807, 2.05) is 0 Å². The van der Waals surface area contributed by atoms with Crippen LogP contribution >= 0.6 is 11.6 Å². The lowest BCUT2D eigenvalue weighted by Crippen LogP contribution is -2.22. The van der Waals surface area contributed by atoms with Crippen molar-refractivity contribution in [2.45, 2.75) is 25.7 Å². The van der Waals surface area contributed by atoms with Crippen molar-refractivity contribution >= 4 is 25.9 Å². The number of rotatable bonds is 5. The van der Waals surface area contributed by atoms with Crippen molar-refractivity contribution in [3.63, 3.8) is 0 Å². The lowest BCUT2D eigenvalue weighted by atomic mass is 10.3. The van der Waals surface area contributed by atoms with Gasteiger partial charge in [0.25, 0.3) is 0 Å². The second-order valence-electron chi connectivity index (χ2n) is 4.95. The van der Waals surface area contributed by atoms with Crippen LogP contribution in [0, 0.1) is 0 Å². The van der Waals surface area contributed by atoms with Crippen molar-refractivity contribution in [3.8, 4) is 5.88 Å². The van der Waals surface area contributed by atoms with Crippen LogP contribution in [0.3, 0.4) is 0 Å². The van der Waals surface area contributed by atoms with Gasteiger partial charge in [-0.3, -0.25) is 4.99 Å². The molecule has 1 aromatic rings. The topological polar surface area (TPSA) is 47.4 Å². The fourth-order valence-electron chi connectivity index (χ4n) is 1.15. The van der Waals surface area contributed by atoms with Crippen LogP contribution in [-0.2, 0) is 0 Å². The van der Waals surface area contributed by atoms with Gasteiger partial charge in [-0.25, -0.2) is 4.98 Å². The monoisotopic (exact) mass is 271 g/mol. The molecule has 0 spiro atoms. The van der Waals surface area contributed by atoms with E-state index in [1.54, 1.807) is 19.5 Å². The summed E-state index contributed by atoms with van der Waals surface area (Å²) in [4.78, 5) is 11.9. The van der Waals surface area contributed by atoms with Gasteiger partial charge in [-0.1, -0.05) is 19.6 Å². The first kappa shape index (κ1) is 14.1. The normalized spacial score (nSPS) is 12.1. The van der Waals surface area contributed by atoms with Crippen LogP contribution < -0.4 is 4.74 Å². The van der Waals surface area contributed by atoms with E-state index in [4.69, 9.17) is 16.3 Å². The van der Waals surface area contributed by atoms with E-state index in [-0.39, 0.29) is 5.28 Å². The number of ether oxygens (including phenoxy) is 1. The van der Waals surface area contributed by atoms with E-state index in [0.717, 1.165) is 11.6 Å². The summed E-state index contributed by atoms with van der Waals surface area (Å²) in [5.74, 6) is 0.508. The molecule has 0 radical (unpaired) electrons. The van der Waals surface area contributed by atoms with Crippen molar-refractivity contribution in [1.82, 2.24) is 9.97 Å². The minimum atomic E-state index is -1.10. The van der Waals surface area contributed by atoms with E-state index in [2.05, 4.69) is 34.6 Å². The Labute approximate surface area is 108 Å². The van der Waals surface area contributed by atoms with Gasteiger partial charge in [0.1, 0.15) is 0 Å². The van der Waals surface area contributed by atoms with Crippen molar-refractivity contribution < 1.29 is 4.74 Å². The Kier molecular flexibility index (Phi) is 5.08. The molecule has 1 rings (SSSR count). The molecule has 0 bridgehead atoms. The number of halogens is 1. The minimum absolute atomic E-state index is 0.196. The molecule has 0 saturated carbocycles. The lowest BCUT2D eigenvalue weighted by molar-refractivity contribution is 0.324. The van der Waals surface area contributed by atoms with Crippen LogP contribution in [0.5, 0.6) is 5.88 Å². The van der Waals surface area contributed by atoms with Gasteiger partial charge in [0, 0.05) is 27.5 Å². The molecule has 0 aliphatic carbocycles. The zero-order valence-electron chi connectivity index (χ0n) is 10.7. The molecule has 6 heteroatoms. The Balaban J connectivity index is 2.71. The van der Waals surface area contributed by atoms with Crippen molar-refractivity contribution in [3.05, 3.63) is 17.0 Å². The molecule has 0 aliphatic rings. The highest BCUT2D eigenvalue weighted by atomic mass is 35.5. The van der Waals surface area contributed by atoms with E-state index < -0.39 is 8.07 Å². The quantitative estimate of drug-likeness (QED) is 0.470. The van der Waals surface area contributed by atoms with E-state index >= 15 is 0 Å². The standard InChI is InChI=1S/C11H18ClN3OSi/c1-13-7-9-8-14-11(12)15-10(9)16-5-6-17(2,3)4/h7-8H,5-6H2,1-4H3. The van der Waals surface area contributed by atoms with Crippen LogP contribution in [-0.4, -0.2) is 37.9 Å². The second kappa shape index (κ2) is 6.12. The molecular formula is C11H18ClN3OSi. The van der Waals surface area contributed by atoms with Crippen LogP contribution in [0.2, 0.25) is 31.0 Å². The van der Waals surface area contributed by atoms with E-state index in [9.17, 15) is 0 Å². The SMILES string of the molecule is CN=Cc1cnc(Cl)nc1OCC[Si](C)(C)C. The van der Waals surface area contributed by atoms with Gasteiger partial charge in [-0.2, -0.15) is 4.98 Å². The largest absolute Gasteiger partial charge is 0.477 e. The van der Waals surface area contributed by atoms with Gasteiger partial charge in [0.15, 0.2) is 0 Å². The molecule has 0 atom stereocenters. The molecule has 0 aliphatic heterocycles. The van der Waals surface area contributed by atoms with Gasteiger partial charge >= 0.3 is 0 Å². The number of nitrogens with zero attached hydrogens (tertiary/aromatic N) is 3. The highest BCUT2D eigenvalue weighted by Crippen LogP contribution is 2.16. The molecular weight excluding hydrogens is 254 g/mol. The molecule has 0 fully saturated rings. The Morgan fingerprint density at radius 2 is 2.18 bits per heavy atom. The summed E-state index contributed by atoms with van der Waals surface area (Å²) in [6, 6.07) is 1.08. The average molecular weight is 272 g/mol. The molecule has 94 valence electrons. The molecule has 1 aromatic heterocycles. The third-order valence-corrected chi connectivity index (χ3v) is 4.00.